The van der Waals surface area contributed by atoms with E-state index in [-0.39, 0.29) is 11.1 Å². The van der Waals surface area contributed by atoms with E-state index in [9.17, 15) is 9.90 Å². The number of hydrogen-bond donors (Lipinski definition) is 2. The number of halogens is 1. The summed E-state index contributed by atoms with van der Waals surface area (Å²) in [5.74, 6) is -0.0793. The number of nitrogens with zero attached hydrogens (tertiary/aromatic N) is 1. The van der Waals surface area contributed by atoms with Crippen LogP contribution in [0.5, 0.6) is 0 Å². The standard InChI is InChI=1S/C15H23ClN2O3/c1-11-12(14(16)21-18-11)6-7-13(19)17-10-15(20)8-4-2-3-5-9-15/h20H,2-10H2,1H3,(H,17,19). The summed E-state index contributed by atoms with van der Waals surface area (Å²) in [6, 6.07) is 0. The quantitative estimate of drug-likeness (QED) is 0.819. The highest BCUT2D eigenvalue weighted by atomic mass is 35.5. The zero-order valence-electron chi connectivity index (χ0n) is 12.5. The maximum Gasteiger partial charge on any atom is 0.229 e. The molecule has 0 bridgehead atoms. The predicted octanol–water partition coefficient (Wildman–Crippen LogP) is 2.77. The highest BCUT2D eigenvalue weighted by Gasteiger charge is 2.28. The molecule has 2 rings (SSSR count). The van der Waals surface area contributed by atoms with Gasteiger partial charge in [-0.15, -0.1) is 0 Å². The van der Waals surface area contributed by atoms with Crippen LogP contribution in [0, 0.1) is 6.92 Å². The third-order valence-electron chi connectivity index (χ3n) is 4.19. The Labute approximate surface area is 130 Å². The minimum absolute atomic E-state index is 0.0793. The van der Waals surface area contributed by atoms with Gasteiger partial charge in [0.2, 0.25) is 11.1 Å². The van der Waals surface area contributed by atoms with Gasteiger partial charge in [0.1, 0.15) is 0 Å². The van der Waals surface area contributed by atoms with Crippen molar-refractivity contribution in [3.05, 3.63) is 16.5 Å². The van der Waals surface area contributed by atoms with E-state index in [4.69, 9.17) is 16.1 Å². The number of aliphatic hydroxyl groups is 1. The number of aromatic nitrogens is 1. The highest BCUT2D eigenvalue weighted by Crippen LogP contribution is 2.26. The molecule has 1 saturated carbocycles. The van der Waals surface area contributed by atoms with Crippen LogP contribution >= 0.6 is 11.6 Å². The summed E-state index contributed by atoms with van der Waals surface area (Å²) in [4.78, 5) is 11.9. The van der Waals surface area contributed by atoms with Gasteiger partial charge in [0, 0.05) is 18.5 Å². The monoisotopic (exact) mass is 314 g/mol. The van der Waals surface area contributed by atoms with Gasteiger partial charge < -0.3 is 14.9 Å². The van der Waals surface area contributed by atoms with Gasteiger partial charge in [-0.1, -0.05) is 30.8 Å². The third-order valence-corrected chi connectivity index (χ3v) is 4.48. The van der Waals surface area contributed by atoms with Gasteiger partial charge in [-0.05, 0) is 37.8 Å². The second-order valence-electron chi connectivity index (χ2n) is 5.94. The first kappa shape index (κ1) is 16.3. The first-order valence-corrected chi connectivity index (χ1v) is 7.98. The molecule has 0 spiro atoms. The van der Waals surface area contributed by atoms with E-state index in [0.717, 1.165) is 36.9 Å². The molecule has 5 nitrogen and oxygen atoms in total. The van der Waals surface area contributed by atoms with E-state index in [1.165, 1.54) is 12.8 Å². The molecule has 0 radical (unpaired) electrons. The van der Waals surface area contributed by atoms with Crippen LogP contribution in [0.1, 0.15) is 56.2 Å². The summed E-state index contributed by atoms with van der Waals surface area (Å²) >= 11 is 5.87. The molecule has 118 valence electrons. The second kappa shape index (κ2) is 7.27. The van der Waals surface area contributed by atoms with E-state index in [1.54, 1.807) is 6.92 Å². The topological polar surface area (TPSA) is 75.4 Å². The summed E-state index contributed by atoms with van der Waals surface area (Å²) in [6.07, 6.45) is 6.75. The van der Waals surface area contributed by atoms with Crippen LogP contribution in [-0.2, 0) is 11.2 Å². The normalized spacial score (nSPS) is 18.2. The van der Waals surface area contributed by atoms with E-state index in [1.807, 2.05) is 0 Å². The fraction of sp³-hybridized carbons (Fsp3) is 0.733. The SMILES string of the molecule is Cc1noc(Cl)c1CCC(=O)NCC1(O)CCCCCC1. The molecule has 1 amide bonds. The number of carbonyl (C=O) groups excluding carboxylic acids is 1. The number of aryl methyl sites for hydroxylation is 1. The van der Waals surface area contributed by atoms with Crippen molar-refractivity contribution >= 4 is 17.5 Å². The maximum absolute atomic E-state index is 11.9. The van der Waals surface area contributed by atoms with Crippen LogP contribution in [0.3, 0.4) is 0 Å². The molecule has 0 unspecified atom stereocenters. The molecule has 6 heteroatoms. The van der Waals surface area contributed by atoms with Gasteiger partial charge in [-0.3, -0.25) is 4.79 Å². The van der Waals surface area contributed by atoms with Crippen LogP contribution in [0.15, 0.2) is 4.52 Å². The summed E-state index contributed by atoms with van der Waals surface area (Å²) in [6.45, 7) is 2.14. The molecule has 1 fully saturated rings. The van der Waals surface area contributed by atoms with Gasteiger partial charge in [0.25, 0.3) is 0 Å². The molecule has 1 aromatic heterocycles. The van der Waals surface area contributed by atoms with Crippen molar-refractivity contribution in [1.82, 2.24) is 10.5 Å². The van der Waals surface area contributed by atoms with Crippen molar-refractivity contribution in [1.29, 1.82) is 0 Å². The lowest BCUT2D eigenvalue weighted by Gasteiger charge is -2.26. The van der Waals surface area contributed by atoms with Gasteiger partial charge in [-0.2, -0.15) is 0 Å². The van der Waals surface area contributed by atoms with Crippen LogP contribution < -0.4 is 5.32 Å². The summed E-state index contributed by atoms with van der Waals surface area (Å²) < 4.78 is 4.86. The van der Waals surface area contributed by atoms with Crippen molar-refractivity contribution in [2.75, 3.05) is 6.54 Å². The Kier molecular flexibility index (Phi) is 5.65. The molecule has 21 heavy (non-hydrogen) atoms. The largest absolute Gasteiger partial charge is 0.388 e. The Morgan fingerprint density at radius 3 is 2.62 bits per heavy atom. The van der Waals surface area contributed by atoms with Gasteiger partial charge in [0.15, 0.2) is 0 Å². The summed E-state index contributed by atoms with van der Waals surface area (Å²) in [5.41, 5.74) is 0.756. The molecule has 1 aliphatic rings. The van der Waals surface area contributed by atoms with Gasteiger partial charge >= 0.3 is 0 Å². The summed E-state index contributed by atoms with van der Waals surface area (Å²) in [7, 11) is 0. The lowest BCUT2D eigenvalue weighted by Crippen LogP contribution is -2.42. The lowest BCUT2D eigenvalue weighted by molar-refractivity contribution is -0.122. The average Bonchev–Trinajstić information content (AvgIpc) is 2.65. The van der Waals surface area contributed by atoms with Crippen molar-refractivity contribution in [3.8, 4) is 0 Å². The molecule has 0 aromatic carbocycles. The van der Waals surface area contributed by atoms with E-state index < -0.39 is 5.60 Å². The summed E-state index contributed by atoms with van der Waals surface area (Å²) in [5, 5.41) is 17.3. The first-order chi connectivity index (χ1) is 10.0. The molecule has 0 saturated heterocycles. The molecular formula is C15H23ClN2O3. The fourth-order valence-corrected chi connectivity index (χ4v) is 3.06. The predicted molar refractivity (Wildman–Crippen MR) is 80.2 cm³/mol. The van der Waals surface area contributed by atoms with E-state index >= 15 is 0 Å². The zero-order chi connectivity index (χ0) is 15.3. The van der Waals surface area contributed by atoms with Crippen LogP contribution in [0.25, 0.3) is 0 Å². The fourth-order valence-electron chi connectivity index (χ4n) is 2.79. The molecular weight excluding hydrogens is 292 g/mol. The third kappa shape index (κ3) is 4.71. The Balaban J connectivity index is 1.77. The Morgan fingerprint density at radius 1 is 1.38 bits per heavy atom. The number of carbonyl (C=O) groups is 1. The minimum atomic E-state index is -0.739. The molecule has 1 aliphatic carbocycles. The molecule has 1 heterocycles. The maximum atomic E-state index is 11.9. The van der Waals surface area contributed by atoms with Crippen molar-refractivity contribution in [2.45, 2.75) is 63.9 Å². The minimum Gasteiger partial charge on any atom is -0.388 e. The zero-order valence-corrected chi connectivity index (χ0v) is 13.2. The van der Waals surface area contributed by atoms with Crippen LogP contribution in [0.2, 0.25) is 5.22 Å². The number of nitrogens with one attached hydrogen (secondary N) is 1. The Hall–Kier alpha value is -1.07. The van der Waals surface area contributed by atoms with Gasteiger partial charge in [-0.25, -0.2) is 0 Å². The number of amides is 1. The van der Waals surface area contributed by atoms with Crippen molar-refractivity contribution in [2.24, 2.45) is 0 Å². The molecule has 0 atom stereocenters. The smallest absolute Gasteiger partial charge is 0.229 e. The van der Waals surface area contributed by atoms with Crippen LogP contribution in [0.4, 0.5) is 0 Å². The van der Waals surface area contributed by atoms with Gasteiger partial charge in [0.05, 0.1) is 11.3 Å². The van der Waals surface area contributed by atoms with E-state index in [0.29, 0.717) is 19.4 Å². The highest BCUT2D eigenvalue weighted by molar-refractivity contribution is 6.29. The van der Waals surface area contributed by atoms with Crippen molar-refractivity contribution in [3.63, 3.8) is 0 Å². The average molecular weight is 315 g/mol. The number of hydrogen-bond acceptors (Lipinski definition) is 4. The van der Waals surface area contributed by atoms with Crippen molar-refractivity contribution < 1.29 is 14.4 Å². The second-order valence-corrected chi connectivity index (χ2v) is 6.28. The van der Waals surface area contributed by atoms with Crippen LogP contribution in [-0.4, -0.2) is 28.3 Å². The first-order valence-electron chi connectivity index (χ1n) is 7.60. The molecule has 1 aromatic rings. The van der Waals surface area contributed by atoms with E-state index in [2.05, 4.69) is 10.5 Å². The molecule has 0 aliphatic heterocycles. The molecule has 2 N–H and O–H groups in total. The lowest BCUT2D eigenvalue weighted by atomic mass is 9.94. The Morgan fingerprint density at radius 2 is 2.05 bits per heavy atom. The number of rotatable bonds is 5. The Bertz CT molecular complexity index is 460.